The van der Waals surface area contributed by atoms with E-state index < -0.39 is 0 Å². The highest BCUT2D eigenvalue weighted by Crippen LogP contribution is 2.13. The lowest BCUT2D eigenvalue weighted by Crippen LogP contribution is -2.45. The van der Waals surface area contributed by atoms with Crippen LogP contribution in [0.25, 0.3) is 0 Å². The van der Waals surface area contributed by atoms with Gasteiger partial charge in [0.1, 0.15) is 6.54 Å². The summed E-state index contributed by atoms with van der Waals surface area (Å²) in [6.07, 6.45) is 3.58. The number of likely N-dealkylation sites (N-methyl/N-ethyl adjacent to an activating group) is 1. The van der Waals surface area contributed by atoms with E-state index in [4.69, 9.17) is 9.15 Å². The Morgan fingerprint density at radius 2 is 2.12 bits per heavy atom. The van der Waals surface area contributed by atoms with Gasteiger partial charge in [-0.1, -0.05) is 0 Å². The Hall–Kier alpha value is -2.26. The molecule has 9 nitrogen and oxygen atoms in total. The molecule has 25 heavy (non-hydrogen) atoms. The second kappa shape index (κ2) is 7.75. The molecule has 2 aromatic heterocycles. The van der Waals surface area contributed by atoms with Crippen LogP contribution in [-0.2, 0) is 29.2 Å². The fourth-order valence-electron chi connectivity index (χ4n) is 3.07. The Kier molecular flexibility index (Phi) is 5.44. The Morgan fingerprint density at radius 1 is 1.36 bits per heavy atom. The first-order valence-corrected chi connectivity index (χ1v) is 8.39. The average Bonchev–Trinajstić information content (AvgIpc) is 3.19. The normalized spacial score (nSPS) is 21.4. The summed E-state index contributed by atoms with van der Waals surface area (Å²) in [6.45, 7) is 6.97. The van der Waals surface area contributed by atoms with Gasteiger partial charge in [-0.3, -0.25) is 9.69 Å². The Balaban J connectivity index is 1.58. The maximum atomic E-state index is 12.4. The maximum Gasteiger partial charge on any atom is 0.244 e. The van der Waals surface area contributed by atoms with E-state index in [1.165, 1.54) is 0 Å². The molecule has 2 atom stereocenters. The van der Waals surface area contributed by atoms with Crippen molar-refractivity contribution in [1.29, 1.82) is 0 Å². The SMILES string of the molecule is C[C@@H]1CN(Cc2nnnn2CC(=O)N(C)Cc2ccoc2)C[C@H](C)O1. The minimum Gasteiger partial charge on any atom is -0.472 e. The summed E-state index contributed by atoms with van der Waals surface area (Å²) in [5, 5.41) is 11.8. The number of hydrogen-bond donors (Lipinski definition) is 0. The van der Waals surface area contributed by atoms with Gasteiger partial charge in [-0.15, -0.1) is 5.10 Å². The van der Waals surface area contributed by atoms with Crippen molar-refractivity contribution in [2.75, 3.05) is 20.1 Å². The summed E-state index contributed by atoms with van der Waals surface area (Å²) < 4.78 is 12.3. The van der Waals surface area contributed by atoms with E-state index in [9.17, 15) is 4.79 Å². The van der Waals surface area contributed by atoms with Gasteiger partial charge in [0.25, 0.3) is 0 Å². The van der Waals surface area contributed by atoms with E-state index in [1.54, 1.807) is 29.2 Å². The van der Waals surface area contributed by atoms with Crippen LogP contribution in [0.4, 0.5) is 0 Å². The quantitative estimate of drug-likeness (QED) is 0.752. The molecule has 136 valence electrons. The monoisotopic (exact) mass is 348 g/mol. The zero-order chi connectivity index (χ0) is 17.8. The molecule has 0 bridgehead atoms. The summed E-state index contributed by atoms with van der Waals surface area (Å²) in [5.41, 5.74) is 0.948. The van der Waals surface area contributed by atoms with E-state index in [0.717, 1.165) is 18.7 Å². The molecule has 3 heterocycles. The molecule has 0 aliphatic carbocycles. The van der Waals surface area contributed by atoms with Crippen LogP contribution in [0.15, 0.2) is 23.0 Å². The first kappa shape index (κ1) is 17.6. The number of rotatable bonds is 6. The van der Waals surface area contributed by atoms with Crippen LogP contribution in [0, 0.1) is 0 Å². The number of aromatic nitrogens is 4. The van der Waals surface area contributed by atoms with E-state index in [1.807, 2.05) is 6.07 Å². The van der Waals surface area contributed by atoms with Gasteiger partial charge in [0, 0.05) is 32.2 Å². The molecule has 2 aromatic rings. The van der Waals surface area contributed by atoms with Crippen LogP contribution in [0.1, 0.15) is 25.2 Å². The molecule has 1 fully saturated rings. The molecule has 0 spiro atoms. The number of morpholine rings is 1. The minimum atomic E-state index is -0.0570. The number of ether oxygens (including phenoxy) is 1. The first-order chi connectivity index (χ1) is 12.0. The number of hydrogen-bond acceptors (Lipinski definition) is 7. The molecule has 1 aliphatic heterocycles. The first-order valence-electron chi connectivity index (χ1n) is 8.39. The number of carbonyl (C=O) groups is 1. The molecule has 0 saturated carbocycles. The van der Waals surface area contributed by atoms with Gasteiger partial charge < -0.3 is 14.1 Å². The predicted molar refractivity (Wildman–Crippen MR) is 88.3 cm³/mol. The van der Waals surface area contributed by atoms with Crippen molar-refractivity contribution in [3.05, 3.63) is 30.0 Å². The second-order valence-electron chi connectivity index (χ2n) is 6.59. The molecule has 1 aliphatic rings. The van der Waals surface area contributed by atoms with Crippen LogP contribution in [-0.4, -0.2) is 68.3 Å². The van der Waals surface area contributed by atoms with Crippen LogP contribution in [0.3, 0.4) is 0 Å². The summed E-state index contributed by atoms with van der Waals surface area (Å²) in [7, 11) is 1.75. The average molecular weight is 348 g/mol. The Labute approximate surface area is 146 Å². The van der Waals surface area contributed by atoms with E-state index in [-0.39, 0.29) is 24.7 Å². The lowest BCUT2D eigenvalue weighted by atomic mass is 10.2. The lowest BCUT2D eigenvalue weighted by Gasteiger charge is -2.34. The van der Waals surface area contributed by atoms with Crippen molar-refractivity contribution in [2.45, 2.75) is 45.7 Å². The number of nitrogens with zero attached hydrogens (tertiary/aromatic N) is 6. The largest absolute Gasteiger partial charge is 0.472 e. The number of amides is 1. The van der Waals surface area contributed by atoms with Gasteiger partial charge in [0.15, 0.2) is 5.82 Å². The molecule has 0 radical (unpaired) electrons. The van der Waals surface area contributed by atoms with Gasteiger partial charge in [-0.25, -0.2) is 4.68 Å². The van der Waals surface area contributed by atoms with Crippen LogP contribution >= 0.6 is 0 Å². The smallest absolute Gasteiger partial charge is 0.244 e. The van der Waals surface area contributed by atoms with Crippen LogP contribution in [0.2, 0.25) is 0 Å². The number of carbonyl (C=O) groups excluding carboxylic acids is 1. The molecule has 0 N–H and O–H groups in total. The zero-order valence-electron chi connectivity index (χ0n) is 14.8. The maximum absolute atomic E-state index is 12.4. The number of tetrazole rings is 1. The molecule has 0 unspecified atom stereocenters. The highest BCUT2D eigenvalue weighted by atomic mass is 16.5. The van der Waals surface area contributed by atoms with Crippen molar-refractivity contribution in [2.24, 2.45) is 0 Å². The van der Waals surface area contributed by atoms with Gasteiger partial charge in [-0.2, -0.15) is 0 Å². The third kappa shape index (κ3) is 4.64. The second-order valence-corrected chi connectivity index (χ2v) is 6.59. The van der Waals surface area contributed by atoms with Crippen molar-refractivity contribution >= 4 is 5.91 Å². The van der Waals surface area contributed by atoms with E-state index in [0.29, 0.717) is 18.9 Å². The number of furan rings is 1. The molecule has 1 saturated heterocycles. The summed E-state index contributed by atoms with van der Waals surface area (Å²) in [6, 6.07) is 1.84. The topological polar surface area (TPSA) is 89.5 Å². The Bertz CT molecular complexity index is 676. The van der Waals surface area contributed by atoms with Crippen molar-refractivity contribution in [3.63, 3.8) is 0 Å². The Morgan fingerprint density at radius 3 is 2.80 bits per heavy atom. The van der Waals surface area contributed by atoms with Crippen LogP contribution < -0.4 is 0 Å². The minimum absolute atomic E-state index is 0.0570. The zero-order valence-corrected chi connectivity index (χ0v) is 14.8. The fourth-order valence-corrected chi connectivity index (χ4v) is 3.07. The predicted octanol–water partition coefficient (Wildman–Crippen LogP) is 0.534. The van der Waals surface area contributed by atoms with Crippen molar-refractivity contribution < 1.29 is 13.9 Å². The standard InChI is InChI=1S/C16H24N6O3/c1-12-6-21(7-13(2)25-12)9-15-17-18-19-22(15)10-16(23)20(3)8-14-4-5-24-11-14/h4-5,11-13H,6-10H2,1-3H3/t12-,13+. The molecule has 3 rings (SSSR count). The highest BCUT2D eigenvalue weighted by Gasteiger charge is 2.24. The van der Waals surface area contributed by atoms with Gasteiger partial charge in [-0.05, 0) is 30.3 Å². The van der Waals surface area contributed by atoms with Crippen LogP contribution in [0.5, 0.6) is 0 Å². The van der Waals surface area contributed by atoms with Crippen molar-refractivity contribution in [1.82, 2.24) is 30.0 Å². The van der Waals surface area contributed by atoms with E-state index in [2.05, 4.69) is 34.3 Å². The molecule has 0 aromatic carbocycles. The molecule has 9 heteroatoms. The van der Waals surface area contributed by atoms with Gasteiger partial charge >= 0.3 is 0 Å². The summed E-state index contributed by atoms with van der Waals surface area (Å²) in [4.78, 5) is 16.3. The van der Waals surface area contributed by atoms with Crippen molar-refractivity contribution in [3.8, 4) is 0 Å². The summed E-state index contributed by atoms with van der Waals surface area (Å²) >= 11 is 0. The summed E-state index contributed by atoms with van der Waals surface area (Å²) in [5.74, 6) is 0.629. The lowest BCUT2D eigenvalue weighted by molar-refractivity contribution is -0.131. The third-order valence-electron chi connectivity index (χ3n) is 4.18. The highest BCUT2D eigenvalue weighted by molar-refractivity contribution is 5.75. The molecular weight excluding hydrogens is 324 g/mol. The molecular formula is C16H24N6O3. The fraction of sp³-hybridized carbons (Fsp3) is 0.625. The molecule has 1 amide bonds. The van der Waals surface area contributed by atoms with Gasteiger partial charge in [0.2, 0.25) is 5.91 Å². The van der Waals surface area contributed by atoms with E-state index >= 15 is 0 Å². The van der Waals surface area contributed by atoms with Gasteiger partial charge in [0.05, 0.1) is 31.3 Å². The third-order valence-corrected chi connectivity index (χ3v) is 4.18.